The van der Waals surface area contributed by atoms with Crippen molar-refractivity contribution in [2.24, 2.45) is 0 Å². The van der Waals surface area contributed by atoms with Gasteiger partial charge in [0.05, 0.1) is 6.07 Å². The van der Waals surface area contributed by atoms with Gasteiger partial charge in [-0.25, -0.2) is 0 Å². The van der Waals surface area contributed by atoms with Gasteiger partial charge in [-0.15, -0.1) is 0 Å². The lowest BCUT2D eigenvalue weighted by atomic mass is 10.0. The van der Waals surface area contributed by atoms with Crippen molar-refractivity contribution in [3.05, 3.63) is 29.1 Å². The maximum absolute atomic E-state index is 9.54. The summed E-state index contributed by atoms with van der Waals surface area (Å²) in [6.45, 7) is 3.59. The van der Waals surface area contributed by atoms with E-state index in [4.69, 9.17) is 10.4 Å². The van der Waals surface area contributed by atoms with Crippen LogP contribution in [0.25, 0.3) is 0 Å². The second kappa shape index (κ2) is 4.18. The van der Waals surface area contributed by atoms with E-state index in [0.717, 1.165) is 11.4 Å². The van der Waals surface area contributed by atoms with Gasteiger partial charge >= 0.3 is 0 Å². The van der Waals surface area contributed by atoms with Gasteiger partial charge in [0, 0.05) is 11.4 Å². The lowest BCUT2D eigenvalue weighted by Gasteiger charge is -2.12. The molecule has 0 saturated carbocycles. The van der Waals surface area contributed by atoms with Gasteiger partial charge in [0.25, 0.3) is 0 Å². The maximum atomic E-state index is 9.54. The molecule has 0 aliphatic heterocycles. The van der Waals surface area contributed by atoms with Crippen molar-refractivity contribution in [3.8, 4) is 6.07 Å². The lowest BCUT2D eigenvalue weighted by Crippen LogP contribution is -2.16. The largest absolute Gasteiger partial charge is 0.385 e. The Morgan fingerprint density at radius 2 is 1.79 bits per heavy atom. The van der Waals surface area contributed by atoms with Gasteiger partial charge in [-0.2, -0.15) is 5.26 Å². The molecule has 4 nitrogen and oxygen atoms in total. The number of hydrogen-bond donors (Lipinski definition) is 2. The van der Waals surface area contributed by atoms with Crippen LogP contribution in [0.1, 0.15) is 23.1 Å². The van der Waals surface area contributed by atoms with E-state index in [1.807, 2.05) is 0 Å². The Kier molecular flexibility index (Phi) is 3.18. The predicted molar refractivity (Wildman–Crippen MR) is 50.3 cm³/mol. The summed E-state index contributed by atoms with van der Waals surface area (Å²) < 4.78 is 0. The molecule has 14 heavy (non-hydrogen) atoms. The van der Waals surface area contributed by atoms with Crippen LogP contribution in [0.5, 0.6) is 0 Å². The molecular weight excluding hydrogens is 180 g/mol. The second-order valence-corrected chi connectivity index (χ2v) is 3.20. The Morgan fingerprint density at radius 1 is 1.29 bits per heavy atom. The predicted octanol–water partition coefficient (Wildman–Crippen LogP) is 0.616. The average molecular weight is 192 g/mol. The molecule has 1 rings (SSSR count). The highest BCUT2D eigenvalue weighted by atomic mass is 16.3. The Labute approximate surface area is 82.5 Å². The molecular formula is C10H12N2O2. The molecule has 74 valence electrons. The molecule has 0 amide bonds. The monoisotopic (exact) mass is 192 g/mol. The lowest BCUT2D eigenvalue weighted by molar-refractivity contribution is 0.0526. The third kappa shape index (κ3) is 2.28. The quantitative estimate of drug-likeness (QED) is 0.673. The van der Waals surface area contributed by atoms with E-state index in [9.17, 15) is 5.11 Å². The summed E-state index contributed by atoms with van der Waals surface area (Å²) >= 11 is 0. The van der Waals surface area contributed by atoms with Gasteiger partial charge < -0.3 is 10.2 Å². The van der Waals surface area contributed by atoms with Crippen molar-refractivity contribution < 1.29 is 10.2 Å². The zero-order valence-corrected chi connectivity index (χ0v) is 8.10. The fourth-order valence-corrected chi connectivity index (χ4v) is 1.29. The maximum Gasteiger partial charge on any atom is 0.170 e. The van der Waals surface area contributed by atoms with E-state index in [0.29, 0.717) is 5.56 Å². The first kappa shape index (κ1) is 10.6. The van der Waals surface area contributed by atoms with Gasteiger partial charge in [-0.3, -0.25) is 4.98 Å². The number of aromatic nitrogens is 1. The van der Waals surface area contributed by atoms with Crippen molar-refractivity contribution in [2.45, 2.75) is 26.1 Å². The van der Waals surface area contributed by atoms with Gasteiger partial charge in [0.1, 0.15) is 6.10 Å². The Balaban J connectivity index is 3.02. The minimum atomic E-state index is -1.39. The molecule has 2 atom stereocenters. The van der Waals surface area contributed by atoms with E-state index in [1.165, 1.54) is 0 Å². The summed E-state index contributed by atoms with van der Waals surface area (Å²) in [7, 11) is 0. The van der Waals surface area contributed by atoms with Crippen molar-refractivity contribution >= 4 is 0 Å². The molecule has 0 aliphatic carbocycles. The Morgan fingerprint density at radius 3 is 2.21 bits per heavy atom. The molecule has 0 radical (unpaired) electrons. The molecule has 0 spiro atoms. The minimum Gasteiger partial charge on any atom is -0.385 e. The Hall–Kier alpha value is -1.44. The summed E-state index contributed by atoms with van der Waals surface area (Å²) in [5, 5.41) is 27.1. The topological polar surface area (TPSA) is 77.1 Å². The molecule has 0 aromatic carbocycles. The number of pyridine rings is 1. The fraction of sp³-hybridized carbons (Fsp3) is 0.400. The van der Waals surface area contributed by atoms with Gasteiger partial charge in [0.2, 0.25) is 0 Å². The highest BCUT2D eigenvalue weighted by molar-refractivity contribution is 5.24. The smallest absolute Gasteiger partial charge is 0.170 e. The molecule has 2 N–H and O–H groups in total. The zero-order valence-electron chi connectivity index (χ0n) is 8.10. The molecule has 0 saturated heterocycles. The van der Waals surface area contributed by atoms with Crippen LogP contribution in [-0.4, -0.2) is 21.3 Å². The van der Waals surface area contributed by atoms with E-state index in [-0.39, 0.29) is 0 Å². The highest BCUT2D eigenvalue weighted by Crippen LogP contribution is 2.17. The zero-order chi connectivity index (χ0) is 10.7. The number of rotatable bonds is 2. The minimum absolute atomic E-state index is 0.518. The standard InChI is InChI=1S/C10H12N2O2/c1-6-3-8(4-7(2)12-6)10(14)9(13)5-11/h3-4,9-10,13-14H,1-2H3. The average Bonchev–Trinajstić information content (AvgIpc) is 2.14. The number of nitriles is 1. The number of hydrogen-bond acceptors (Lipinski definition) is 4. The summed E-state index contributed by atoms with van der Waals surface area (Å²) in [6, 6.07) is 4.89. The molecule has 0 bridgehead atoms. The normalized spacial score (nSPS) is 14.5. The van der Waals surface area contributed by atoms with Crippen LogP contribution < -0.4 is 0 Å². The second-order valence-electron chi connectivity index (χ2n) is 3.20. The number of aryl methyl sites for hydroxylation is 2. The Bertz CT molecular complexity index is 351. The summed E-state index contributed by atoms with van der Waals surface area (Å²) in [6.07, 6.45) is -2.56. The number of nitrogens with zero attached hydrogens (tertiary/aromatic N) is 2. The molecule has 1 heterocycles. The fourth-order valence-electron chi connectivity index (χ4n) is 1.29. The van der Waals surface area contributed by atoms with Crippen LogP contribution in [0.2, 0.25) is 0 Å². The molecule has 0 fully saturated rings. The van der Waals surface area contributed by atoms with Crippen molar-refractivity contribution in [1.82, 2.24) is 4.98 Å². The SMILES string of the molecule is Cc1cc(C(O)C(O)C#N)cc(C)n1. The van der Waals surface area contributed by atoms with Gasteiger partial charge in [-0.05, 0) is 31.5 Å². The van der Waals surface area contributed by atoms with Crippen LogP contribution in [0, 0.1) is 25.2 Å². The van der Waals surface area contributed by atoms with Crippen molar-refractivity contribution in [2.75, 3.05) is 0 Å². The molecule has 2 unspecified atom stereocenters. The van der Waals surface area contributed by atoms with Crippen molar-refractivity contribution in [3.63, 3.8) is 0 Å². The molecule has 1 aromatic heterocycles. The third-order valence-electron chi connectivity index (χ3n) is 1.88. The summed E-state index contributed by atoms with van der Waals surface area (Å²) in [4.78, 5) is 4.13. The highest BCUT2D eigenvalue weighted by Gasteiger charge is 2.18. The van der Waals surface area contributed by atoms with E-state index >= 15 is 0 Å². The molecule has 4 heteroatoms. The van der Waals surface area contributed by atoms with E-state index in [2.05, 4.69) is 4.98 Å². The first-order chi connectivity index (χ1) is 6.54. The molecule has 1 aromatic rings. The van der Waals surface area contributed by atoms with Crippen LogP contribution in [-0.2, 0) is 0 Å². The summed E-state index contributed by atoms with van der Waals surface area (Å²) in [5.74, 6) is 0. The van der Waals surface area contributed by atoms with Gasteiger partial charge in [0.15, 0.2) is 6.10 Å². The van der Waals surface area contributed by atoms with Crippen molar-refractivity contribution in [1.29, 1.82) is 5.26 Å². The first-order valence-corrected chi connectivity index (χ1v) is 4.25. The number of aliphatic hydroxyl groups excluding tert-OH is 2. The van der Waals surface area contributed by atoms with E-state index in [1.54, 1.807) is 32.0 Å². The first-order valence-electron chi connectivity index (χ1n) is 4.25. The van der Waals surface area contributed by atoms with Crippen LogP contribution in [0.15, 0.2) is 12.1 Å². The molecule has 0 aliphatic rings. The van der Waals surface area contributed by atoms with Crippen LogP contribution in [0.3, 0.4) is 0 Å². The number of aliphatic hydroxyl groups is 2. The van der Waals surface area contributed by atoms with E-state index < -0.39 is 12.2 Å². The summed E-state index contributed by atoms with van der Waals surface area (Å²) in [5.41, 5.74) is 2.03. The van der Waals surface area contributed by atoms with Gasteiger partial charge in [-0.1, -0.05) is 0 Å². The third-order valence-corrected chi connectivity index (χ3v) is 1.88. The van der Waals surface area contributed by atoms with Crippen LogP contribution >= 0.6 is 0 Å². The van der Waals surface area contributed by atoms with Crippen LogP contribution in [0.4, 0.5) is 0 Å².